The Labute approximate surface area is 99.8 Å². The van der Waals surface area contributed by atoms with E-state index in [1.54, 1.807) is 0 Å². The molecular formula is C11H15ClN2S. The number of rotatable bonds is 3. The molecule has 1 aromatic rings. The Morgan fingerprint density at radius 2 is 2.47 bits per heavy atom. The molecule has 1 aliphatic heterocycles. The average Bonchev–Trinajstić information content (AvgIpc) is 2.30. The smallest absolute Gasteiger partial charge is 0.129 e. The van der Waals surface area contributed by atoms with Crippen LogP contribution in [0.15, 0.2) is 18.3 Å². The van der Waals surface area contributed by atoms with Gasteiger partial charge in [-0.2, -0.15) is 11.8 Å². The fourth-order valence-corrected chi connectivity index (χ4v) is 2.95. The second-order valence-corrected chi connectivity index (χ2v) is 5.44. The summed E-state index contributed by atoms with van der Waals surface area (Å²) < 4.78 is 0. The summed E-state index contributed by atoms with van der Waals surface area (Å²) in [5, 5.41) is 4.75. The zero-order valence-corrected chi connectivity index (χ0v) is 10.2. The van der Waals surface area contributed by atoms with Crippen LogP contribution in [0.1, 0.15) is 18.4 Å². The molecule has 0 aliphatic carbocycles. The third-order valence-electron chi connectivity index (χ3n) is 2.53. The molecule has 4 heteroatoms. The van der Waals surface area contributed by atoms with Gasteiger partial charge in [0.2, 0.25) is 0 Å². The topological polar surface area (TPSA) is 24.9 Å². The van der Waals surface area contributed by atoms with Gasteiger partial charge in [0.15, 0.2) is 0 Å². The van der Waals surface area contributed by atoms with E-state index < -0.39 is 0 Å². The molecule has 0 amide bonds. The van der Waals surface area contributed by atoms with E-state index in [9.17, 15) is 0 Å². The number of pyridine rings is 1. The maximum absolute atomic E-state index is 5.73. The van der Waals surface area contributed by atoms with Crippen molar-refractivity contribution in [3.63, 3.8) is 0 Å². The van der Waals surface area contributed by atoms with Gasteiger partial charge in [-0.25, -0.2) is 4.98 Å². The van der Waals surface area contributed by atoms with Crippen LogP contribution >= 0.6 is 23.4 Å². The number of halogens is 1. The molecule has 0 radical (unpaired) electrons. The van der Waals surface area contributed by atoms with Crippen molar-refractivity contribution < 1.29 is 0 Å². The van der Waals surface area contributed by atoms with Crippen molar-refractivity contribution in [1.29, 1.82) is 0 Å². The first-order valence-electron chi connectivity index (χ1n) is 5.27. The molecule has 82 valence electrons. The standard InChI is InChI=1S/C11H15ClN2S/c12-11-4-3-9(6-14-11)8-15-10-2-1-5-13-7-10/h3-4,6,10,13H,1-2,5,7-8H2. The van der Waals surface area contributed by atoms with Crippen LogP contribution in [0.2, 0.25) is 5.15 Å². The van der Waals surface area contributed by atoms with E-state index in [0.29, 0.717) is 5.15 Å². The van der Waals surface area contributed by atoms with E-state index in [2.05, 4.69) is 16.4 Å². The van der Waals surface area contributed by atoms with E-state index in [1.165, 1.54) is 24.9 Å². The van der Waals surface area contributed by atoms with Gasteiger partial charge in [-0.3, -0.25) is 0 Å². The number of hydrogen-bond acceptors (Lipinski definition) is 3. The number of hydrogen-bond donors (Lipinski definition) is 1. The fourth-order valence-electron chi connectivity index (χ4n) is 1.67. The lowest BCUT2D eigenvalue weighted by Crippen LogP contribution is -2.31. The van der Waals surface area contributed by atoms with E-state index in [0.717, 1.165) is 17.5 Å². The number of nitrogens with zero attached hydrogens (tertiary/aromatic N) is 1. The molecule has 0 spiro atoms. The van der Waals surface area contributed by atoms with Crippen molar-refractivity contribution in [2.75, 3.05) is 13.1 Å². The molecule has 2 nitrogen and oxygen atoms in total. The van der Waals surface area contributed by atoms with Crippen molar-refractivity contribution in [3.05, 3.63) is 29.0 Å². The lowest BCUT2D eigenvalue weighted by molar-refractivity contribution is 0.531. The molecule has 1 saturated heterocycles. The summed E-state index contributed by atoms with van der Waals surface area (Å²) in [6.07, 6.45) is 4.50. The molecule has 1 N–H and O–H groups in total. The number of thioether (sulfide) groups is 1. The average molecular weight is 243 g/mol. The van der Waals surface area contributed by atoms with Crippen LogP contribution in [-0.4, -0.2) is 23.3 Å². The van der Waals surface area contributed by atoms with Crippen LogP contribution in [0, 0.1) is 0 Å². The molecule has 1 fully saturated rings. The highest BCUT2D eigenvalue weighted by atomic mass is 35.5. The minimum Gasteiger partial charge on any atom is -0.316 e. The lowest BCUT2D eigenvalue weighted by Gasteiger charge is -2.22. The number of aromatic nitrogens is 1. The predicted octanol–water partition coefficient (Wildman–Crippen LogP) is 2.72. The summed E-state index contributed by atoms with van der Waals surface area (Å²) in [5.41, 5.74) is 1.26. The molecule has 2 heterocycles. The quantitative estimate of drug-likeness (QED) is 0.826. The van der Waals surface area contributed by atoms with Gasteiger partial charge in [0.25, 0.3) is 0 Å². The third-order valence-corrected chi connectivity index (χ3v) is 4.12. The minimum atomic E-state index is 0.572. The maximum atomic E-state index is 5.73. The molecule has 1 unspecified atom stereocenters. The van der Waals surface area contributed by atoms with Crippen molar-refractivity contribution in [3.8, 4) is 0 Å². The first-order valence-corrected chi connectivity index (χ1v) is 6.70. The zero-order chi connectivity index (χ0) is 10.5. The highest BCUT2D eigenvalue weighted by molar-refractivity contribution is 7.99. The molecule has 1 aliphatic rings. The highest BCUT2D eigenvalue weighted by Gasteiger charge is 2.12. The van der Waals surface area contributed by atoms with Gasteiger partial charge < -0.3 is 5.32 Å². The monoisotopic (exact) mass is 242 g/mol. The SMILES string of the molecule is Clc1ccc(CSC2CCCNC2)cn1. The summed E-state index contributed by atoms with van der Waals surface area (Å²) in [7, 11) is 0. The van der Waals surface area contributed by atoms with E-state index in [1.807, 2.05) is 24.0 Å². The van der Waals surface area contributed by atoms with Crippen LogP contribution in [0.5, 0.6) is 0 Å². The van der Waals surface area contributed by atoms with Gasteiger partial charge in [-0.1, -0.05) is 17.7 Å². The molecule has 1 aromatic heterocycles. The second-order valence-electron chi connectivity index (χ2n) is 3.77. The van der Waals surface area contributed by atoms with Crippen LogP contribution in [0.3, 0.4) is 0 Å². The van der Waals surface area contributed by atoms with Crippen LogP contribution in [0.4, 0.5) is 0 Å². The molecule has 0 aromatic carbocycles. The van der Waals surface area contributed by atoms with E-state index in [4.69, 9.17) is 11.6 Å². The zero-order valence-electron chi connectivity index (χ0n) is 8.58. The predicted molar refractivity (Wildman–Crippen MR) is 66.4 cm³/mol. The molecule has 2 rings (SSSR count). The highest BCUT2D eigenvalue weighted by Crippen LogP contribution is 2.22. The normalized spacial score (nSPS) is 21.5. The van der Waals surface area contributed by atoms with E-state index >= 15 is 0 Å². The summed E-state index contributed by atoms with van der Waals surface area (Å²) in [6.45, 7) is 2.32. The van der Waals surface area contributed by atoms with Gasteiger partial charge in [-0.05, 0) is 31.0 Å². The summed E-state index contributed by atoms with van der Waals surface area (Å²) >= 11 is 7.74. The molecule has 15 heavy (non-hydrogen) atoms. The van der Waals surface area contributed by atoms with E-state index in [-0.39, 0.29) is 0 Å². The van der Waals surface area contributed by atoms with Gasteiger partial charge in [-0.15, -0.1) is 0 Å². The first-order chi connectivity index (χ1) is 7.34. The Bertz CT molecular complexity index is 296. The Balaban J connectivity index is 1.79. The largest absolute Gasteiger partial charge is 0.316 e. The molecule has 1 atom stereocenters. The second kappa shape index (κ2) is 5.73. The van der Waals surface area contributed by atoms with Crippen LogP contribution in [-0.2, 0) is 5.75 Å². The number of nitrogens with one attached hydrogen (secondary N) is 1. The third kappa shape index (κ3) is 3.67. The minimum absolute atomic E-state index is 0.572. The van der Waals surface area contributed by atoms with Gasteiger partial charge in [0, 0.05) is 23.7 Å². The molecule has 0 bridgehead atoms. The Hall–Kier alpha value is -0.250. The summed E-state index contributed by atoms with van der Waals surface area (Å²) in [5.74, 6) is 1.04. The van der Waals surface area contributed by atoms with Gasteiger partial charge in [0.05, 0.1) is 0 Å². The maximum Gasteiger partial charge on any atom is 0.129 e. The van der Waals surface area contributed by atoms with Gasteiger partial charge in [0.1, 0.15) is 5.15 Å². The molecule has 0 saturated carbocycles. The van der Waals surface area contributed by atoms with Gasteiger partial charge >= 0.3 is 0 Å². The van der Waals surface area contributed by atoms with Crippen molar-refractivity contribution in [2.45, 2.75) is 23.8 Å². The fraction of sp³-hybridized carbons (Fsp3) is 0.545. The Morgan fingerprint density at radius 1 is 1.53 bits per heavy atom. The first kappa shape index (κ1) is 11.2. The molecular weight excluding hydrogens is 228 g/mol. The van der Waals surface area contributed by atoms with Crippen molar-refractivity contribution >= 4 is 23.4 Å². The lowest BCUT2D eigenvalue weighted by atomic mass is 10.2. The van der Waals surface area contributed by atoms with Crippen molar-refractivity contribution in [2.24, 2.45) is 0 Å². The Kier molecular flexibility index (Phi) is 4.29. The van der Waals surface area contributed by atoms with Crippen molar-refractivity contribution in [1.82, 2.24) is 10.3 Å². The summed E-state index contributed by atoms with van der Waals surface area (Å²) in [4.78, 5) is 4.08. The summed E-state index contributed by atoms with van der Waals surface area (Å²) in [6, 6.07) is 3.91. The number of piperidine rings is 1. The Morgan fingerprint density at radius 3 is 3.13 bits per heavy atom. The van der Waals surface area contributed by atoms with Crippen LogP contribution < -0.4 is 5.32 Å². The van der Waals surface area contributed by atoms with Crippen LogP contribution in [0.25, 0.3) is 0 Å².